The molecule has 3 N–H and O–H groups in total. The van der Waals surface area contributed by atoms with Gasteiger partial charge in [-0.1, -0.05) is 6.07 Å². The molecule has 10 heteroatoms. The Bertz CT molecular complexity index is 787. The van der Waals surface area contributed by atoms with Gasteiger partial charge in [0.25, 0.3) is 10.1 Å². The Labute approximate surface area is 114 Å². The fourth-order valence-electron chi connectivity index (χ4n) is 1.62. The van der Waals surface area contributed by atoms with Gasteiger partial charge in [-0.25, -0.2) is 0 Å². The summed E-state index contributed by atoms with van der Waals surface area (Å²) in [6, 6.07) is 5.35. The van der Waals surface area contributed by atoms with Crippen LogP contribution in [0.2, 0.25) is 0 Å². The van der Waals surface area contributed by atoms with Crippen LogP contribution in [0.1, 0.15) is 0 Å². The van der Waals surface area contributed by atoms with Crippen LogP contribution in [0.15, 0.2) is 41.6 Å². The van der Waals surface area contributed by atoms with E-state index < -0.39 is 27.9 Å². The normalized spacial score (nSPS) is 12.3. The largest absolute Gasteiger partial charge is 0.359 e. The lowest BCUT2D eigenvalue weighted by Crippen LogP contribution is -2.19. The molecule has 0 bridgehead atoms. The van der Waals surface area contributed by atoms with E-state index in [-0.39, 0.29) is 11.4 Å². The second kappa shape index (κ2) is 5.04. The summed E-state index contributed by atoms with van der Waals surface area (Å²) in [5.41, 5.74) is -0.217. The third-order valence-electron chi connectivity index (χ3n) is 2.36. The van der Waals surface area contributed by atoms with Gasteiger partial charge in [0.2, 0.25) is 0 Å². The molecule has 0 aliphatic rings. The number of nitrogens with zero attached hydrogens (tertiary/aromatic N) is 2. The lowest BCUT2D eigenvalue weighted by atomic mass is 10.2. The highest BCUT2D eigenvalue weighted by atomic mass is 32.2. The second-order valence-electron chi connectivity index (χ2n) is 3.74. The van der Waals surface area contributed by atoms with E-state index in [9.17, 15) is 22.8 Å². The predicted molar refractivity (Wildman–Crippen MR) is 69.0 cm³/mol. The molecule has 0 amide bonds. The minimum atomic E-state index is -5.00. The monoisotopic (exact) mass is 316 g/mol. The first-order chi connectivity index (χ1) is 9.21. The molecule has 0 radical (unpaired) electrons. The fourth-order valence-corrected chi connectivity index (χ4v) is 3.70. The maximum Gasteiger partial charge on any atom is 0.359 e. The Balaban J connectivity index is 2.88. The van der Waals surface area contributed by atoms with Crippen molar-refractivity contribution in [1.29, 1.82) is 0 Å². The lowest BCUT2D eigenvalue weighted by Gasteiger charge is -2.12. The molecule has 2 aromatic heterocycles. The molecule has 20 heavy (non-hydrogen) atoms. The molecular weight excluding hydrogens is 307 g/mol. The molecule has 2 aromatic rings. The zero-order chi connectivity index (χ0) is 15.0. The highest BCUT2D eigenvalue weighted by molar-refractivity contribution is 7.86. The van der Waals surface area contributed by atoms with Gasteiger partial charge in [0, 0.05) is 12.4 Å². The van der Waals surface area contributed by atoms with Crippen LogP contribution in [0.3, 0.4) is 0 Å². The number of hydrogen-bond acceptors (Lipinski definition) is 5. The zero-order valence-corrected chi connectivity index (χ0v) is 11.5. The van der Waals surface area contributed by atoms with Crippen LogP contribution in [-0.4, -0.2) is 32.7 Å². The van der Waals surface area contributed by atoms with Gasteiger partial charge in [-0.2, -0.15) is 8.42 Å². The minimum absolute atomic E-state index is 0.0799. The summed E-state index contributed by atoms with van der Waals surface area (Å²) in [5.74, 6) is 0. The Morgan fingerprint density at radius 2 is 1.75 bits per heavy atom. The first-order valence-corrected chi connectivity index (χ1v) is 8.20. The van der Waals surface area contributed by atoms with E-state index in [1.165, 1.54) is 12.3 Å². The third kappa shape index (κ3) is 2.92. The quantitative estimate of drug-likeness (QED) is 0.539. The molecule has 2 rings (SSSR count). The van der Waals surface area contributed by atoms with E-state index in [1.807, 2.05) is 0 Å². The maximum absolute atomic E-state index is 11.5. The standard InChI is InChI=1S/C10H9N2O6PS/c13-19(14,15)10-8(20(16,17)18)4-6-12-9(10)7-3-1-2-5-11-7/h1-6H,(H2,13,14,15)(H,16,17,18). The summed E-state index contributed by atoms with van der Waals surface area (Å²) in [6.07, 6.45) is 2.38. The van der Waals surface area contributed by atoms with Crippen molar-refractivity contribution in [2.45, 2.75) is 4.90 Å². The summed E-state index contributed by atoms with van der Waals surface area (Å²) < 4.78 is 43.1. The number of rotatable bonds is 3. The first kappa shape index (κ1) is 14.8. The molecule has 0 saturated carbocycles. The highest BCUT2D eigenvalue weighted by Gasteiger charge is 2.32. The van der Waals surface area contributed by atoms with Gasteiger partial charge < -0.3 is 9.79 Å². The second-order valence-corrected chi connectivity index (χ2v) is 6.67. The van der Waals surface area contributed by atoms with E-state index in [0.29, 0.717) is 0 Å². The van der Waals surface area contributed by atoms with Crippen molar-refractivity contribution < 1.29 is 27.3 Å². The van der Waals surface area contributed by atoms with Crippen molar-refractivity contribution >= 4 is 23.0 Å². The number of pyridine rings is 2. The Morgan fingerprint density at radius 3 is 2.25 bits per heavy atom. The molecule has 0 saturated heterocycles. The van der Waals surface area contributed by atoms with E-state index in [1.54, 1.807) is 12.1 Å². The zero-order valence-electron chi connectivity index (χ0n) is 9.78. The SMILES string of the molecule is O=P(O)(O)c1c(S(=O)(=O)O)ccnc1-c1ccccn1. The first-order valence-electron chi connectivity index (χ1n) is 5.15. The van der Waals surface area contributed by atoms with Gasteiger partial charge in [-0.15, -0.1) is 0 Å². The molecule has 0 atom stereocenters. The summed E-state index contributed by atoms with van der Waals surface area (Å²) in [4.78, 5) is 25.4. The smallest absolute Gasteiger partial charge is 0.321 e. The van der Waals surface area contributed by atoms with Gasteiger partial charge in [0.05, 0.1) is 5.69 Å². The van der Waals surface area contributed by atoms with Crippen molar-refractivity contribution in [2.75, 3.05) is 0 Å². The lowest BCUT2D eigenvalue weighted by molar-refractivity contribution is 0.386. The summed E-state index contributed by atoms with van der Waals surface area (Å²) in [7, 11) is -9.80. The van der Waals surface area contributed by atoms with E-state index >= 15 is 0 Å². The molecule has 0 aliphatic heterocycles. The third-order valence-corrected chi connectivity index (χ3v) is 4.45. The van der Waals surface area contributed by atoms with Crippen LogP contribution in [-0.2, 0) is 14.7 Å². The van der Waals surface area contributed by atoms with Crippen LogP contribution >= 0.6 is 7.60 Å². The van der Waals surface area contributed by atoms with Crippen molar-refractivity contribution in [1.82, 2.24) is 9.97 Å². The van der Waals surface area contributed by atoms with Crippen molar-refractivity contribution in [3.05, 3.63) is 36.7 Å². The van der Waals surface area contributed by atoms with Gasteiger partial charge >= 0.3 is 7.60 Å². The van der Waals surface area contributed by atoms with Gasteiger partial charge in [0.1, 0.15) is 15.9 Å². The van der Waals surface area contributed by atoms with Crippen LogP contribution in [0.4, 0.5) is 0 Å². The summed E-state index contributed by atoms with van der Waals surface area (Å²) in [6.45, 7) is 0. The molecule has 0 unspecified atom stereocenters. The van der Waals surface area contributed by atoms with Crippen molar-refractivity contribution in [3.8, 4) is 11.4 Å². The van der Waals surface area contributed by atoms with Crippen LogP contribution in [0.5, 0.6) is 0 Å². The number of aromatic nitrogens is 2. The molecule has 0 spiro atoms. The molecule has 0 aliphatic carbocycles. The molecule has 106 valence electrons. The average Bonchev–Trinajstić information content (AvgIpc) is 2.37. The highest BCUT2D eigenvalue weighted by Crippen LogP contribution is 2.39. The number of hydrogen-bond donors (Lipinski definition) is 3. The maximum atomic E-state index is 11.5. The minimum Gasteiger partial charge on any atom is -0.321 e. The molecule has 0 aromatic carbocycles. The molecule has 2 heterocycles. The van der Waals surface area contributed by atoms with Gasteiger partial charge in [-0.3, -0.25) is 19.1 Å². The van der Waals surface area contributed by atoms with E-state index in [2.05, 4.69) is 9.97 Å². The Morgan fingerprint density at radius 1 is 1.05 bits per heavy atom. The summed E-state index contributed by atoms with van der Waals surface area (Å²) in [5, 5.41) is -0.874. The van der Waals surface area contributed by atoms with E-state index in [0.717, 1.165) is 12.3 Å². The van der Waals surface area contributed by atoms with Crippen LogP contribution < -0.4 is 5.30 Å². The molecule has 8 nitrogen and oxygen atoms in total. The molecule has 0 fully saturated rings. The van der Waals surface area contributed by atoms with Crippen LogP contribution in [0, 0.1) is 0 Å². The van der Waals surface area contributed by atoms with Gasteiger partial charge in [-0.05, 0) is 18.2 Å². The Kier molecular flexibility index (Phi) is 3.72. The fraction of sp³-hybridized carbons (Fsp3) is 0. The Hall–Kier alpha value is -1.64. The topological polar surface area (TPSA) is 138 Å². The summed E-state index contributed by atoms with van der Waals surface area (Å²) >= 11 is 0. The van der Waals surface area contributed by atoms with Crippen molar-refractivity contribution in [2.24, 2.45) is 0 Å². The van der Waals surface area contributed by atoms with Crippen molar-refractivity contribution in [3.63, 3.8) is 0 Å². The average molecular weight is 316 g/mol. The molecular formula is C10H9N2O6PS. The van der Waals surface area contributed by atoms with Gasteiger partial charge in [0.15, 0.2) is 0 Å². The van der Waals surface area contributed by atoms with E-state index in [4.69, 9.17) is 4.55 Å². The van der Waals surface area contributed by atoms with Crippen LogP contribution in [0.25, 0.3) is 11.4 Å². The predicted octanol–water partition coefficient (Wildman–Crippen LogP) is 0.193.